The highest BCUT2D eigenvalue weighted by atomic mass is 16.5. The van der Waals surface area contributed by atoms with Crippen LogP contribution in [0.2, 0.25) is 0 Å². The van der Waals surface area contributed by atoms with Gasteiger partial charge in [-0.2, -0.15) is 0 Å². The van der Waals surface area contributed by atoms with Crippen LogP contribution in [0.4, 0.5) is 0 Å². The van der Waals surface area contributed by atoms with E-state index in [0.29, 0.717) is 11.3 Å². The van der Waals surface area contributed by atoms with Gasteiger partial charge >= 0.3 is 5.97 Å². The number of amides is 1. The number of hydrogen-bond donors (Lipinski definition) is 2. The normalized spacial score (nSPS) is 10.5. The molecular formula is C13H15NO4. The Labute approximate surface area is 105 Å². The first-order valence-corrected chi connectivity index (χ1v) is 5.36. The molecule has 0 atom stereocenters. The second-order valence-electron chi connectivity index (χ2n) is 3.72. The smallest absolute Gasteiger partial charge is 0.307 e. The van der Waals surface area contributed by atoms with Gasteiger partial charge < -0.3 is 15.6 Å². The minimum absolute atomic E-state index is 0.0549. The SMILES string of the molecule is COc1ccc(CC(=O)O)cc1C=CCC(N)=O. The maximum atomic E-state index is 10.6. The number of aliphatic carboxylic acids is 1. The molecule has 96 valence electrons. The Bertz CT molecular complexity index is 480. The van der Waals surface area contributed by atoms with Crippen molar-refractivity contribution in [3.05, 3.63) is 35.4 Å². The summed E-state index contributed by atoms with van der Waals surface area (Å²) in [5, 5.41) is 8.72. The van der Waals surface area contributed by atoms with Gasteiger partial charge in [0.05, 0.1) is 13.5 Å². The molecule has 18 heavy (non-hydrogen) atoms. The van der Waals surface area contributed by atoms with Crippen molar-refractivity contribution >= 4 is 18.0 Å². The summed E-state index contributed by atoms with van der Waals surface area (Å²) in [4.78, 5) is 21.2. The molecule has 0 heterocycles. The Hall–Kier alpha value is -2.30. The molecule has 3 N–H and O–H groups in total. The molecule has 0 spiro atoms. The van der Waals surface area contributed by atoms with Crippen LogP contribution in [-0.2, 0) is 16.0 Å². The molecule has 0 fully saturated rings. The Morgan fingerprint density at radius 3 is 2.72 bits per heavy atom. The number of nitrogens with two attached hydrogens (primary N) is 1. The number of carboxylic acids is 1. The first-order valence-electron chi connectivity index (χ1n) is 5.36. The summed E-state index contributed by atoms with van der Waals surface area (Å²) in [6.45, 7) is 0. The van der Waals surface area contributed by atoms with Crippen LogP contribution in [-0.4, -0.2) is 24.1 Å². The minimum Gasteiger partial charge on any atom is -0.496 e. The predicted octanol–water partition coefficient (Wildman–Crippen LogP) is 1.21. The van der Waals surface area contributed by atoms with Gasteiger partial charge in [-0.15, -0.1) is 0 Å². The lowest BCUT2D eigenvalue weighted by molar-refractivity contribution is -0.136. The molecule has 5 heteroatoms. The number of hydrogen-bond acceptors (Lipinski definition) is 3. The molecule has 0 unspecified atom stereocenters. The molecule has 0 aliphatic rings. The van der Waals surface area contributed by atoms with Crippen molar-refractivity contribution in [3.8, 4) is 5.75 Å². The summed E-state index contributed by atoms with van der Waals surface area (Å²) in [6.07, 6.45) is 3.38. The Morgan fingerprint density at radius 1 is 1.44 bits per heavy atom. The van der Waals surface area contributed by atoms with Gasteiger partial charge in [0.15, 0.2) is 0 Å². The number of ether oxygens (including phenoxy) is 1. The molecule has 0 saturated carbocycles. The topological polar surface area (TPSA) is 89.6 Å². The van der Waals surface area contributed by atoms with Crippen molar-refractivity contribution in [3.63, 3.8) is 0 Å². The fourth-order valence-corrected chi connectivity index (χ4v) is 1.50. The average molecular weight is 249 g/mol. The van der Waals surface area contributed by atoms with E-state index in [9.17, 15) is 9.59 Å². The van der Waals surface area contributed by atoms with Crippen LogP contribution >= 0.6 is 0 Å². The van der Waals surface area contributed by atoms with Crippen LogP contribution in [0.15, 0.2) is 24.3 Å². The Balaban J connectivity index is 2.94. The Kier molecular flexibility index (Phi) is 4.92. The molecule has 0 radical (unpaired) electrons. The highest BCUT2D eigenvalue weighted by molar-refractivity contribution is 5.77. The van der Waals surface area contributed by atoms with Crippen LogP contribution < -0.4 is 10.5 Å². The standard InChI is InChI=1S/C13H15NO4/c1-18-11-6-5-9(8-13(16)17)7-10(11)3-2-4-12(14)15/h2-3,5-7H,4,8H2,1H3,(H2,14,15)(H,16,17). The van der Waals surface area contributed by atoms with Crippen molar-refractivity contribution in [1.29, 1.82) is 0 Å². The third-order valence-corrected chi connectivity index (χ3v) is 2.27. The van der Waals surface area contributed by atoms with Gasteiger partial charge in [-0.25, -0.2) is 0 Å². The second-order valence-corrected chi connectivity index (χ2v) is 3.72. The molecule has 1 amide bonds. The lowest BCUT2D eigenvalue weighted by Gasteiger charge is -2.06. The molecule has 0 aromatic heterocycles. The quantitative estimate of drug-likeness (QED) is 0.793. The van der Waals surface area contributed by atoms with Gasteiger partial charge in [-0.1, -0.05) is 18.2 Å². The molecule has 0 aliphatic heterocycles. The summed E-state index contributed by atoms with van der Waals surface area (Å²) in [5.74, 6) is -0.705. The molecule has 1 aromatic carbocycles. The maximum absolute atomic E-state index is 10.6. The van der Waals surface area contributed by atoms with Crippen LogP contribution in [0, 0.1) is 0 Å². The van der Waals surface area contributed by atoms with E-state index in [4.69, 9.17) is 15.6 Å². The van der Waals surface area contributed by atoms with E-state index >= 15 is 0 Å². The van der Waals surface area contributed by atoms with E-state index in [1.54, 1.807) is 30.4 Å². The van der Waals surface area contributed by atoms with E-state index in [2.05, 4.69) is 0 Å². The molecule has 1 rings (SSSR count). The first-order chi connectivity index (χ1) is 8.52. The summed E-state index contributed by atoms with van der Waals surface area (Å²) >= 11 is 0. The van der Waals surface area contributed by atoms with Gasteiger partial charge in [0.1, 0.15) is 5.75 Å². The Morgan fingerprint density at radius 2 is 2.17 bits per heavy atom. The third-order valence-electron chi connectivity index (χ3n) is 2.27. The van der Waals surface area contributed by atoms with Crippen molar-refractivity contribution in [1.82, 2.24) is 0 Å². The molecule has 5 nitrogen and oxygen atoms in total. The van der Waals surface area contributed by atoms with Crippen LogP contribution in [0.3, 0.4) is 0 Å². The molecule has 0 bridgehead atoms. The summed E-state index contributed by atoms with van der Waals surface area (Å²) in [5.41, 5.74) is 6.41. The van der Waals surface area contributed by atoms with Crippen LogP contribution in [0.5, 0.6) is 5.75 Å². The highest BCUT2D eigenvalue weighted by Gasteiger charge is 2.05. The molecule has 1 aromatic rings. The van der Waals surface area contributed by atoms with Crippen LogP contribution in [0.1, 0.15) is 17.5 Å². The zero-order valence-corrected chi connectivity index (χ0v) is 10.1. The molecule has 0 aliphatic carbocycles. The van der Waals surface area contributed by atoms with Gasteiger partial charge in [0, 0.05) is 12.0 Å². The number of benzene rings is 1. The maximum Gasteiger partial charge on any atom is 0.307 e. The van der Waals surface area contributed by atoms with Crippen molar-refractivity contribution in [2.75, 3.05) is 7.11 Å². The fourth-order valence-electron chi connectivity index (χ4n) is 1.50. The van der Waals surface area contributed by atoms with Crippen molar-refractivity contribution in [2.45, 2.75) is 12.8 Å². The van der Waals surface area contributed by atoms with E-state index in [-0.39, 0.29) is 12.8 Å². The van der Waals surface area contributed by atoms with E-state index in [1.165, 1.54) is 7.11 Å². The van der Waals surface area contributed by atoms with Gasteiger partial charge in [0.2, 0.25) is 5.91 Å². The largest absolute Gasteiger partial charge is 0.496 e. The monoisotopic (exact) mass is 249 g/mol. The second kappa shape index (κ2) is 6.44. The summed E-state index contributed by atoms with van der Waals surface area (Å²) < 4.78 is 5.15. The van der Waals surface area contributed by atoms with Gasteiger partial charge in [0.25, 0.3) is 0 Å². The summed E-state index contributed by atoms with van der Waals surface area (Å²) in [7, 11) is 1.53. The number of carboxylic acid groups (broad SMARTS) is 1. The lowest BCUT2D eigenvalue weighted by Crippen LogP contribution is -2.07. The van der Waals surface area contributed by atoms with Crippen molar-refractivity contribution in [2.24, 2.45) is 5.73 Å². The number of carbonyl (C=O) groups excluding carboxylic acids is 1. The fraction of sp³-hybridized carbons (Fsp3) is 0.231. The first kappa shape index (κ1) is 13.8. The predicted molar refractivity (Wildman–Crippen MR) is 67.2 cm³/mol. The number of carbonyl (C=O) groups is 2. The number of primary amides is 1. The summed E-state index contributed by atoms with van der Waals surface area (Å²) in [6, 6.07) is 5.10. The third kappa shape index (κ3) is 4.29. The zero-order chi connectivity index (χ0) is 13.5. The van der Waals surface area contributed by atoms with Crippen molar-refractivity contribution < 1.29 is 19.4 Å². The molecule has 0 saturated heterocycles. The number of rotatable bonds is 6. The highest BCUT2D eigenvalue weighted by Crippen LogP contribution is 2.21. The lowest BCUT2D eigenvalue weighted by atomic mass is 10.1. The van der Waals surface area contributed by atoms with E-state index in [1.807, 2.05) is 0 Å². The average Bonchev–Trinajstić information content (AvgIpc) is 2.28. The van der Waals surface area contributed by atoms with Gasteiger partial charge in [-0.3, -0.25) is 9.59 Å². The van der Waals surface area contributed by atoms with E-state index < -0.39 is 11.9 Å². The van der Waals surface area contributed by atoms with Gasteiger partial charge in [-0.05, 0) is 17.7 Å². The molecular weight excluding hydrogens is 234 g/mol. The van der Waals surface area contributed by atoms with E-state index in [0.717, 1.165) is 5.56 Å². The van der Waals surface area contributed by atoms with Crippen LogP contribution in [0.25, 0.3) is 6.08 Å². The number of methoxy groups -OCH3 is 1. The minimum atomic E-state index is -0.896. The zero-order valence-electron chi connectivity index (χ0n) is 10.1.